The highest BCUT2D eigenvalue weighted by Gasteiger charge is 2.52. The zero-order valence-electron chi connectivity index (χ0n) is 10.8. The topological polar surface area (TPSA) is 66.4 Å². The van der Waals surface area contributed by atoms with Crippen molar-refractivity contribution in [1.29, 1.82) is 0 Å². The van der Waals surface area contributed by atoms with Crippen LogP contribution in [0.2, 0.25) is 0 Å². The fraction of sp³-hybridized carbons (Fsp3) is 0.385. The first-order chi connectivity index (χ1) is 10.1. The maximum atomic E-state index is 13.5. The van der Waals surface area contributed by atoms with Gasteiger partial charge in [0.15, 0.2) is 6.04 Å². The van der Waals surface area contributed by atoms with Crippen molar-refractivity contribution < 1.29 is 36.6 Å². The number of amides is 1. The Morgan fingerprint density at radius 2 is 1.73 bits per heavy atom. The second kappa shape index (κ2) is 5.54. The molecule has 22 heavy (non-hydrogen) atoms. The molecule has 3 atom stereocenters. The number of hydrogen-bond donors (Lipinski definition) is 2. The second-order valence-electron chi connectivity index (χ2n) is 4.91. The van der Waals surface area contributed by atoms with Crippen LogP contribution in [0.4, 0.5) is 22.0 Å². The molecule has 9 heteroatoms. The van der Waals surface area contributed by atoms with Crippen molar-refractivity contribution in [3.05, 3.63) is 35.4 Å². The van der Waals surface area contributed by atoms with Crippen LogP contribution >= 0.6 is 0 Å². The molecule has 0 bridgehead atoms. The molecule has 0 spiro atoms. The van der Waals surface area contributed by atoms with E-state index in [0.717, 1.165) is 6.07 Å². The number of carbonyl (C=O) groups is 2. The number of benzene rings is 1. The van der Waals surface area contributed by atoms with Crippen LogP contribution < -0.4 is 5.32 Å². The number of rotatable bonds is 4. The summed E-state index contributed by atoms with van der Waals surface area (Å²) in [5.74, 6) is -7.60. The summed E-state index contributed by atoms with van der Waals surface area (Å²) in [6, 6.07) is -0.706. The molecule has 3 unspecified atom stereocenters. The maximum Gasteiger partial charge on any atom is 0.413 e. The largest absolute Gasteiger partial charge is 0.481 e. The zero-order valence-corrected chi connectivity index (χ0v) is 10.8. The first kappa shape index (κ1) is 16.2. The van der Waals surface area contributed by atoms with Crippen LogP contribution in [0.15, 0.2) is 18.2 Å². The quantitative estimate of drug-likeness (QED) is 0.836. The molecule has 120 valence electrons. The number of carboxylic acids is 1. The number of nitrogens with one attached hydrogen (secondary N) is 1. The first-order valence-electron chi connectivity index (χ1n) is 6.16. The monoisotopic (exact) mass is 323 g/mol. The minimum Gasteiger partial charge on any atom is -0.481 e. The molecule has 1 fully saturated rings. The van der Waals surface area contributed by atoms with Gasteiger partial charge in [0.1, 0.15) is 11.6 Å². The molecule has 1 amide bonds. The van der Waals surface area contributed by atoms with E-state index in [-0.39, 0.29) is 6.42 Å². The Labute approximate surface area is 120 Å². The van der Waals surface area contributed by atoms with Crippen LogP contribution in [0, 0.1) is 23.5 Å². The highest BCUT2D eigenvalue weighted by atomic mass is 19.4. The Morgan fingerprint density at radius 1 is 1.18 bits per heavy atom. The number of carbonyl (C=O) groups excluding carboxylic acids is 1. The molecular weight excluding hydrogens is 313 g/mol. The number of aliphatic carboxylic acids is 1. The average molecular weight is 323 g/mol. The lowest BCUT2D eigenvalue weighted by Crippen LogP contribution is -2.40. The van der Waals surface area contributed by atoms with Gasteiger partial charge in [0.25, 0.3) is 0 Å². The Morgan fingerprint density at radius 3 is 2.14 bits per heavy atom. The lowest BCUT2D eigenvalue weighted by Gasteiger charge is -2.23. The van der Waals surface area contributed by atoms with Crippen LogP contribution in [0.5, 0.6) is 0 Å². The number of hydrogen-bond acceptors (Lipinski definition) is 2. The fourth-order valence-electron chi connectivity index (χ4n) is 2.11. The minimum atomic E-state index is -5.13. The van der Waals surface area contributed by atoms with Gasteiger partial charge in [-0.3, -0.25) is 9.59 Å². The summed E-state index contributed by atoms with van der Waals surface area (Å²) < 4.78 is 66.0. The van der Waals surface area contributed by atoms with Gasteiger partial charge in [-0.1, -0.05) is 6.07 Å². The third-order valence-corrected chi connectivity index (χ3v) is 3.35. The third-order valence-electron chi connectivity index (χ3n) is 3.35. The molecule has 1 aromatic carbocycles. The van der Waals surface area contributed by atoms with E-state index in [2.05, 4.69) is 0 Å². The smallest absolute Gasteiger partial charge is 0.413 e. The molecule has 0 aromatic heterocycles. The zero-order chi connectivity index (χ0) is 16.7. The van der Waals surface area contributed by atoms with Gasteiger partial charge >= 0.3 is 12.1 Å². The summed E-state index contributed by atoms with van der Waals surface area (Å²) in [6.45, 7) is 0. The molecule has 0 saturated heterocycles. The molecule has 1 aliphatic rings. The molecule has 2 N–H and O–H groups in total. The molecule has 1 aliphatic carbocycles. The van der Waals surface area contributed by atoms with Crippen molar-refractivity contribution >= 4 is 11.9 Å². The minimum absolute atomic E-state index is 0.106. The molecule has 2 rings (SSSR count). The predicted molar refractivity (Wildman–Crippen MR) is 62.5 cm³/mol. The van der Waals surface area contributed by atoms with E-state index in [1.807, 2.05) is 0 Å². The average Bonchev–Trinajstić information content (AvgIpc) is 3.16. The van der Waals surface area contributed by atoms with Gasteiger partial charge in [0.2, 0.25) is 5.91 Å². The van der Waals surface area contributed by atoms with Crippen LogP contribution in [-0.4, -0.2) is 23.2 Å². The van der Waals surface area contributed by atoms with Gasteiger partial charge in [-0.15, -0.1) is 0 Å². The van der Waals surface area contributed by atoms with Crippen molar-refractivity contribution in [2.45, 2.75) is 18.6 Å². The Balaban J connectivity index is 2.26. The van der Waals surface area contributed by atoms with Gasteiger partial charge in [0, 0.05) is 0 Å². The van der Waals surface area contributed by atoms with Gasteiger partial charge in [0.05, 0.1) is 17.4 Å². The van der Waals surface area contributed by atoms with Crippen LogP contribution in [0.25, 0.3) is 0 Å². The van der Waals surface area contributed by atoms with Crippen molar-refractivity contribution in [3.63, 3.8) is 0 Å². The Kier molecular flexibility index (Phi) is 4.08. The summed E-state index contributed by atoms with van der Waals surface area (Å²) in [6.07, 6.45) is -5.24. The molecular formula is C13H10F5NO3. The molecule has 4 nitrogen and oxygen atoms in total. The lowest BCUT2D eigenvalue weighted by molar-refractivity contribution is -0.165. The van der Waals surface area contributed by atoms with Crippen molar-refractivity contribution in [3.8, 4) is 0 Å². The van der Waals surface area contributed by atoms with E-state index >= 15 is 0 Å². The van der Waals surface area contributed by atoms with Crippen LogP contribution in [0.1, 0.15) is 18.0 Å². The van der Waals surface area contributed by atoms with Crippen molar-refractivity contribution in [2.24, 2.45) is 11.8 Å². The molecule has 0 heterocycles. The molecule has 0 aliphatic heterocycles. The number of carboxylic acid groups (broad SMARTS) is 1. The Hall–Kier alpha value is -2.19. The highest BCUT2D eigenvalue weighted by Crippen LogP contribution is 2.41. The standard InChI is InChI=1S/C13H10F5NO3/c14-7-2-1-3-8(15)9(7)10(13(16,17)18)19-11(20)5-4-6(5)12(21)22/h1-3,5-6,10H,4H2,(H,19,20)(H,21,22). The van der Waals surface area contributed by atoms with E-state index in [1.165, 1.54) is 5.32 Å². The number of halogens is 5. The van der Waals surface area contributed by atoms with E-state index in [9.17, 15) is 31.5 Å². The lowest BCUT2D eigenvalue weighted by atomic mass is 10.0. The summed E-state index contributed by atoms with van der Waals surface area (Å²) >= 11 is 0. The van der Waals surface area contributed by atoms with E-state index < -0.39 is 53.1 Å². The van der Waals surface area contributed by atoms with Gasteiger partial charge < -0.3 is 10.4 Å². The third kappa shape index (κ3) is 3.18. The molecule has 0 radical (unpaired) electrons. The van der Waals surface area contributed by atoms with Crippen molar-refractivity contribution in [1.82, 2.24) is 5.32 Å². The normalized spacial score (nSPS) is 22.0. The summed E-state index contributed by atoms with van der Waals surface area (Å²) in [7, 11) is 0. The Bertz CT molecular complexity index is 596. The first-order valence-corrected chi connectivity index (χ1v) is 6.16. The highest BCUT2D eigenvalue weighted by molar-refractivity contribution is 5.89. The molecule has 1 aromatic rings. The van der Waals surface area contributed by atoms with Crippen LogP contribution in [-0.2, 0) is 9.59 Å². The van der Waals surface area contributed by atoms with Crippen molar-refractivity contribution in [2.75, 3.05) is 0 Å². The summed E-state index contributed by atoms with van der Waals surface area (Å²) in [4.78, 5) is 22.3. The maximum absolute atomic E-state index is 13.5. The van der Waals surface area contributed by atoms with E-state index in [4.69, 9.17) is 5.11 Å². The fourth-order valence-corrected chi connectivity index (χ4v) is 2.11. The summed E-state index contributed by atoms with van der Waals surface area (Å²) in [5, 5.41) is 10.1. The number of alkyl halides is 3. The SMILES string of the molecule is O=C(O)C1CC1C(=O)NC(c1c(F)cccc1F)C(F)(F)F. The predicted octanol–water partition coefficient (Wildman–Crippen LogP) is 2.41. The van der Waals surface area contributed by atoms with E-state index in [0.29, 0.717) is 12.1 Å². The summed E-state index contributed by atoms with van der Waals surface area (Å²) in [5.41, 5.74) is -1.32. The second-order valence-corrected chi connectivity index (χ2v) is 4.91. The van der Waals surface area contributed by atoms with E-state index in [1.54, 1.807) is 0 Å². The van der Waals surface area contributed by atoms with Gasteiger partial charge in [-0.25, -0.2) is 8.78 Å². The van der Waals surface area contributed by atoms with Gasteiger partial charge in [-0.05, 0) is 18.6 Å². The van der Waals surface area contributed by atoms with Crippen LogP contribution in [0.3, 0.4) is 0 Å². The van der Waals surface area contributed by atoms with Gasteiger partial charge in [-0.2, -0.15) is 13.2 Å². The molecule has 1 saturated carbocycles.